The normalized spacial score (nSPS) is 34.2. The van der Waals surface area contributed by atoms with Crippen molar-refractivity contribution in [1.29, 1.82) is 0 Å². The van der Waals surface area contributed by atoms with Gasteiger partial charge in [-0.15, -0.1) is 0 Å². The second-order valence-corrected chi connectivity index (χ2v) is 6.65. The molecule has 2 atom stereocenters. The number of hydrogen-bond donors (Lipinski definition) is 3. The van der Waals surface area contributed by atoms with Crippen LogP contribution in [0.15, 0.2) is 0 Å². The van der Waals surface area contributed by atoms with E-state index in [-0.39, 0.29) is 18.7 Å². The molecule has 2 aliphatic carbocycles. The summed E-state index contributed by atoms with van der Waals surface area (Å²) >= 11 is 0. The Labute approximate surface area is 122 Å². The summed E-state index contributed by atoms with van der Waals surface area (Å²) in [5, 5.41) is 15.3. The summed E-state index contributed by atoms with van der Waals surface area (Å²) in [6.45, 7) is 0.285. The minimum Gasteiger partial charge on any atom is -0.396 e. The van der Waals surface area contributed by atoms with Crippen LogP contribution >= 0.6 is 0 Å². The van der Waals surface area contributed by atoms with Crippen LogP contribution in [0.5, 0.6) is 0 Å². The molecule has 116 valence electrons. The molecule has 5 heteroatoms. The van der Waals surface area contributed by atoms with E-state index in [1.807, 2.05) is 0 Å². The number of hydrogen-bond acceptors (Lipinski definition) is 3. The molecular formula is C15H29N3O2. The minimum atomic E-state index is -0.0122. The lowest BCUT2D eigenvalue weighted by Gasteiger charge is -2.28. The van der Waals surface area contributed by atoms with Gasteiger partial charge >= 0.3 is 6.03 Å². The third-order valence-corrected chi connectivity index (χ3v) is 4.91. The van der Waals surface area contributed by atoms with E-state index in [4.69, 9.17) is 5.11 Å². The average molecular weight is 283 g/mol. The molecule has 0 aliphatic heterocycles. The maximum absolute atomic E-state index is 12.0. The molecule has 2 rings (SSSR count). The molecule has 0 saturated heterocycles. The van der Waals surface area contributed by atoms with E-state index in [1.54, 1.807) is 0 Å². The zero-order valence-electron chi connectivity index (χ0n) is 12.8. The first kappa shape index (κ1) is 15.6. The molecule has 0 spiro atoms. The standard InChI is InChI=1S/C15H29N3O2/c1-18(2)14-8-7-13(9-14)17-15(20)16-12-5-3-11(10-19)4-6-12/h11-14,19H,3-10H2,1-2H3,(H2,16,17,20). The topological polar surface area (TPSA) is 64.6 Å². The first-order chi connectivity index (χ1) is 9.58. The predicted molar refractivity (Wildman–Crippen MR) is 79.6 cm³/mol. The van der Waals surface area contributed by atoms with Crippen LogP contribution in [0.25, 0.3) is 0 Å². The lowest BCUT2D eigenvalue weighted by atomic mass is 9.87. The summed E-state index contributed by atoms with van der Waals surface area (Å²) in [7, 11) is 4.21. The van der Waals surface area contributed by atoms with Gasteiger partial charge in [0, 0.05) is 24.7 Å². The Morgan fingerprint density at radius 1 is 1.05 bits per heavy atom. The fourth-order valence-electron chi connectivity index (χ4n) is 3.46. The summed E-state index contributed by atoms with van der Waals surface area (Å²) in [5.41, 5.74) is 0. The Kier molecular flexibility index (Phi) is 5.66. The van der Waals surface area contributed by atoms with Gasteiger partial charge in [0.2, 0.25) is 0 Å². The highest BCUT2D eigenvalue weighted by molar-refractivity contribution is 5.74. The number of nitrogens with one attached hydrogen (secondary N) is 2. The van der Waals surface area contributed by atoms with E-state index < -0.39 is 0 Å². The second kappa shape index (κ2) is 7.27. The Hall–Kier alpha value is -0.810. The van der Waals surface area contributed by atoms with Crippen LogP contribution in [-0.4, -0.2) is 54.9 Å². The first-order valence-electron chi connectivity index (χ1n) is 7.92. The smallest absolute Gasteiger partial charge is 0.315 e. The first-order valence-corrected chi connectivity index (χ1v) is 7.92. The van der Waals surface area contributed by atoms with E-state index in [9.17, 15) is 4.79 Å². The van der Waals surface area contributed by atoms with Gasteiger partial charge in [-0.2, -0.15) is 0 Å². The molecule has 2 unspecified atom stereocenters. The highest BCUT2D eigenvalue weighted by atomic mass is 16.3. The minimum absolute atomic E-state index is 0.0122. The largest absolute Gasteiger partial charge is 0.396 e. The number of amides is 2. The van der Waals surface area contributed by atoms with E-state index in [0.29, 0.717) is 18.0 Å². The molecule has 0 heterocycles. The quantitative estimate of drug-likeness (QED) is 0.729. The Balaban J connectivity index is 1.66. The SMILES string of the molecule is CN(C)C1CCC(NC(=O)NC2CCC(CO)CC2)C1. The maximum atomic E-state index is 12.0. The van der Waals surface area contributed by atoms with Gasteiger partial charge in [0.15, 0.2) is 0 Å². The van der Waals surface area contributed by atoms with Crippen molar-refractivity contribution in [2.75, 3.05) is 20.7 Å². The molecule has 0 aromatic rings. The van der Waals surface area contributed by atoms with Crippen molar-refractivity contribution in [3.63, 3.8) is 0 Å². The van der Waals surface area contributed by atoms with Gasteiger partial charge in [-0.1, -0.05) is 0 Å². The van der Waals surface area contributed by atoms with Gasteiger partial charge in [-0.25, -0.2) is 4.79 Å². The van der Waals surface area contributed by atoms with Crippen LogP contribution in [-0.2, 0) is 0 Å². The van der Waals surface area contributed by atoms with Crippen molar-refractivity contribution in [3.05, 3.63) is 0 Å². The van der Waals surface area contributed by atoms with Crippen molar-refractivity contribution in [2.45, 2.75) is 63.1 Å². The molecule has 0 aromatic heterocycles. The molecule has 2 fully saturated rings. The predicted octanol–water partition coefficient (Wildman–Crippen LogP) is 1.32. The van der Waals surface area contributed by atoms with Crippen molar-refractivity contribution in [1.82, 2.24) is 15.5 Å². The van der Waals surface area contributed by atoms with Crippen LogP contribution < -0.4 is 10.6 Å². The molecule has 3 N–H and O–H groups in total. The van der Waals surface area contributed by atoms with Gasteiger partial charge < -0.3 is 20.6 Å². The van der Waals surface area contributed by atoms with E-state index in [2.05, 4.69) is 29.6 Å². The van der Waals surface area contributed by atoms with Gasteiger partial charge in [0.25, 0.3) is 0 Å². The monoisotopic (exact) mass is 283 g/mol. The molecule has 2 saturated carbocycles. The van der Waals surface area contributed by atoms with Gasteiger partial charge in [-0.3, -0.25) is 0 Å². The highest BCUT2D eigenvalue weighted by Gasteiger charge is 2.28. The second-order valence-electron chi connectivity index (χ2n) is 6.65. The van der Waals surface area contributed by atoms with Gasteiger partial charge in [0.05, 0.1) is 0 Å². The zero-order chi connectivity index (χ0) is 14.5. The number of aliphatic hydroxyl groups excluding tert-OH is 1. The molecule has 2 amide bonds. The highest BCUT2D eigenvalue weighted by Crippen LogP contribution is 2.24. The molecule has 0 bridgehead atoms. The van der Waals surface area contributed by atoms with Crippen molar-refractivity contribution in [3.8, 4) is 0 Å². The van der Waals surface area contributed by atoms with Gasteiger partial charge in [0.1, 0.15) is 0 Å². The lowest BCUT2D eigenvalue weighted by Crippen LogP contribution is -2.47. The molecule has 2 aliphatic rings. The van der Waals surface area contributed by atoms with Crippen LogP contribution in [0.1, 0.15) is 44.9 Å². The van der Waals surface area contributed by atoms with Crippen molar-refractivity contribution >= 4 is 6.03 Å². The number of aliphatic hydroxyl groups is 1. The van der Waals surface area contributed by atoms with Crippen molar-refractivity contribution in [2.24, 2.45) is 5.92 Å². The number of carbonyl (C=O) groups is 1. The molecule has 0 radical (unpaired) electrons. The summed E-state index contributed by atoms with van der Waals surface area (Å²) in [5.74, 6) is 0.437. The summed E-state index contributed by atoms with van der Waals surface area (Å²) in [4.78, 5) is 14.3. The van der Waals surface area contributed by atoms with E-state index in [1.165, 1.54) is 6.42 Å². The Morgan fingerprint density at radius 3 is 2.20 bits per heavy atom. The van der Waals surface area contributed by atoms with E-state index >= 15 is 0 Å². The van der Waals surface area contributed by atoms with E-state index in [0.717, 1.165) is 38.5 Å². The number of urea groups is 1. The maximum Gasteiger partial charge on any atom is 0.315 e. The summed E-state index contributed by atoms with van der Waals surface area (Å²) in [6, 6.07) is 1.18. The van der Waals surface area contributed by atoms with Crippen LogP contribution in [0.2, 0.25) is 0 Å². The fraction of sp³-hybridized carbons (Fsp3) is 0.933. The third-order valence-electron chi connectivity index (χ3n) is 4.91. The van der Waals surface area contributed by atoms with Gasteiger partial charge in [-0.05, 0) is 65.0 Å². The Bertz CT molecular complexity index is 314. The number of nitrogens with zero attached hydrogens (tertiary/aromatic N) is 1. The fourth-order valence-corrected chi connectivity index (χ4v) is 3.46. The van der Waals surface area contributed by atoms with Crippen LogP contribution in [0.4, 0.5) is 4.79 Å². The molecule has 5 nitrogen and oxygen atoms in total. The number of carbonyl (C=O) groups excluding carboxylic acids is 1. The van der Waals surface area contributed by atoms with Crippen molar-refractivity contribution < 1.29 is 9.90 Å². The molecule has 20 heavy (non-hydrogen) atoms. The number of rotatable bonds is 4. The summed E-state index contributed by atoms with van der Waals surface area (Å²) in [6.07, 6.45) is 7.32. The molecular weight excluding hydrogens is 254 g/mol. The van der Waals surface area contributed by atoms with Crippen LogP contribution in [0, 0.1) is 5.92 Å². The van der Waals surface area contributed by atoms with Crippen LogP contribution in [0.3, 0.4) is 0 Å². The average Bonchev–Trinajstić information content (AvgIpc) is 2.88. The Morgan fingerprint density at radius 2 is 1.65 bits per heavy atom. The summed E-state index contributed by atoms with van der Waals surface area (Å²) < 4.78 is 0. The molecule has 0 aromatic carbocycles. The third kappa shape index (κ3) is 4.35. The zero-order valence-corrected chi connectivity index (χ0v) is 12.8. The lowest BCUT2D eigenvalue weighted by molar-refractivity contribution is 0.174.